The summed E-state index contributed by atoms with van der Waals surface area (Å²) in [5.74, 6) is -0.544. The summed E-state index contributed by atoms with van der Waals surface area (Å²) in [6.07, 6.45) is 2.93. The Labute approximate surface area is 141 Å². The molecular weight excluding hydrogens is 304 g/mol. The first-order chi connectivity index (χ1) is 11.8. The molecule has 0 bridgehead atoms. The zero-order valence-electron chi connectivity index (χ0n) is 13.3. The first kappa shape index (κ1) is 16.2. The number of nitrogens with zero attached hydrogens (tertiary/aromatic N) is 1. The van der Waals surface area contributed by atoms with Crippen molar-refractivity contribution in [2.24, 2.45) is 0 Å². The Balaban J connectivity index is 1.70. The van der Waals surface area contributed by atoms with Gasteiger partial charge in [-0.3, -0.25) is 10.0 Å². The smallest absolute Gasteiger partial charge is 0.267 e. The van der Waals surface area contributed by atoms with Gasteiger partial charge in [0.25, 0.3) is 5.91 Å². The summed E-state index contributed by atoms with van der Waals surface area (Å²) >= 11 is 0. The van der Waals surface area contributed by atoms with E-state index in [9.17, 15) is 4.79 Å². The highest BCUT2D eigenvalue weighted by molar-refractivity contribution is 5.90. The van der Waals surface area contributed by atoms with Gasteiger partial charge in [0.05, 0.1) is 13.2 Å². The first-order valence-corrected chi connectivity index (χ1v) is 7.91. The van der Waals surface area contributed by atoms with Gasteiger partial charge in [-0.25, -0.2) is 5.48 Å². The van der Waals surface area contributed by atoms with Gasteiger partial charge in [-0.1, -0.05) is 36.4 Å². The molecule has 1 saturated heterocycles. The van der Waals surface area contributed by atoms with Crippen LogP contribution in [0, 0.1) is 0 Å². The van der Waals surface area contributed by atoms with E-state index in [2.05, 4.69) is 29.2 Å². The maximum atomic E-state index is 11.0. The van der Waals surface area contributed by atoms with Crippen LogP contribution in [0.5, 0.6) is 0 Å². The van der Waals surface area contributed by atoms with Crippen LogP contribution in [-0.2, 0) is 9.53 Å². The van der Waals surface area contributed by atoms with Crippen LogP contribution in [0.4, 0.5) is 5.69 Å². The molecule has 0 aromatic heterocycles. The summed E-state index contributed by atoms with van der Waals surface area (Å²) in [5.41, 5.74) is 5.95. The molecular formula is C19H20N2O3. The van der Waals surface area contributed by atoms with E-state index in [4.69, 9.17) is 9.94 Å². The molecule has 0 saturated carbocycles. The van der Waals surface area contributed by atoms with Crippen molar-refractivity contribution < 1.29 is 14.7 Å². The zero-order valence-corrected chi connectivity index (χ0v) is 13.3. The third-order valence-electron chi connectivity index (χ3n) is 4.02. The minimum atomic E-state index is -0.544. The number of nitrogens with one attached hydrogen (secondary N) is 1. The third-order valence-corrected chi connectivity index (χ3v) is 4.02. The van der Waals surface area contributed by atoms with Crippen molar-refractivity contribution in [1.82, 2.24) is 5.48 Å². The molecule has 0 atom stereocenters. The maximum absolute atomic E-state index is 11.0. The van der Waals surface area contributed by atoms with E-state index in [1.54, 1.807) is 11.6 Å². The van der Waals surface area contributed by atoms with Crippen LogP contribution in [0.2, 0.25) is 0 Å². The number of anilines is 1. The fourth-order valence-corrected chi connectivity index (χ4v) is 2.68. The summed E-state index contributed by atoms with van der Waals surface area (Å²) in [4.78, 5) is 13.3. The Hall–Kier alpha value is -2.63. The summed E-state index contributed by atoms with van der Waals surface area (Å²) in [6, 6.07) is 16.4. The second kappa shape index (κ2) is 7.77. The van der Waals surface area contributed by atoms with Gasteiger partial charge in [0.2, 0.25) is 0 Å². The van der Waals surface area contributed by atoms with Crippen molar-refractivity contribution in [3.05, 3.63) is 60.2 Å². The van der Waals surface area contributed by atoms with E-state index in [1.807, 2.05) is 24.3 Å². The van der Waals surface area contributed by atoms with Crippen molar-refractivity contribution in [3.63, 3.8) is 0 Å². The second-order valence-electron chi connectivity index (χ2n) is 5.58. The molecule has 1 heterocycles. The monoisotopic (exact) mass is 324 g/mol. The van der Waals surface area contributed by atoms with Crippen molar-refractivity contribution in [3.8, 4) is 11.1 Å². The van der Waals surface area contributed by atoms with Crippen molar-refractivity contribution in [2.45, 2.75) is 0 Å². The van der Waals surface area contributed by atoms with Gasteiger partial charge in [0.1, 0.15) is 0 Å². The Morgan fingerprint density at radius 3 is 2.17 bits per heavy atom. The van der Waals surface area contributed by atoms with Crippen molar-refractivity contribution >= 4 is 17.7 Å². The van der Waals surface area contributed by atoms with E-state index in [0.717, 1.165) is 43.0 Å². The molecule has 1 aliphatic heterocycles. The number of amides is 1. The molecule has 1 fully saturated rings. The van der Waals surface area contributed by atoms with Crippen molar-refractivity contribution in [2.75, 3.05) is 31.2 Å². The minimum Gasteiger partial charge on any atom is -0.378 e. The molecule has 0 spiro atoms. The van der Waals surface area contributed by atoms with Gasteiger partial charge in [0, 0.05) is 24.9 Å². The lowest BCUT2D eigenvalue weighted by Crippen LogP contribution is -2.36. The Morgan fingerprint density at radius 2 is 1.58 bits per heavy atom. The van der Waals surface area contributed by atoms with Crippen molar-refractivity contribution in [1.29, 1.82) is 0 Å². The lowest BCUT2D eigenvalue weighted by Gasteiger charge is -2.28. The quantitative estimate of drug-likeness (QED) is 0.516. The number of ether oxygens (including phenoxy) is 1. The molecule has 5 heteroatoms. The predicted octanol–water partition coefficient (Wildman–Crippen LogP) is 2.71. The Bertz CT molecular complexity index is 702. The van der Waals surface area contributed by atoms with Crippen LogP contribution in [0.25, 0.3) is 17.2 Å². The molecule has 2 N–H and O–H groups in total. The maximum Gasteiger partial charge on any atom is 0.267 e. The fourth-order valence-electron chi connectivity index (χ4n) is 2.68. The number of hydroxylamine groups is 1. The first-order valence-electron chi connectivity index (χ1n) is 7.91. The SMILES string of the molecule is O=C(/C=C/c1ccc(-c2ccc(N3CCOCC3)cc2)cc1)NO. The highest BCUT2D eigenvalue weighted by Crippen LogP contribution is 2.24. The predicted molar refractivity (Wildman–Crippen MR) is 93.9 cm³/mol. The number of carbonyl (C=O) groups excluding carboxylic acids is 1. The van der Waals surface area contributed by atoms with Gasteiger partial charge in [-0.15, -0.1) is 0 Å². The van der Waals surface area contributed by atoms with Gasteiger partial charge in [-0.2, -0.15) is 0 Å². The number of benzene rings is 2. The molecule has 0 radical (unpaired) electrons. The molecule has 1 aliphatic rings. The standard InChI is InChI=1S/C19H20N2O3/c22-19(20-23)10-3-15-1-4-16(5-2-15)17-6-8-18(9-7-17)21-11-13-24-14-12-21/h1-10,23H,11-14H2,(H,20,22)/b10-3+. The molecule has 24 heavy (non-hydrogen) atoms. The van der Waals surface area contributed by atoms with Crippen LogP contribution in [0.15, 0.2) is 54.6 Å². The molecule has 124 valence electrons. The zero-order chi connectivity index (χ0) is 16.8. The Kier molecular flexibility index (Phi) is 5.25. The number of morpholine rings is 1. The second-order valence-corrected chi connectivity index (χ2v) is 5.58. The van der Waals surface area contributed by atoms with Crippen LogP contribution in [0.1, 0.15) is 5.56 Å². The average molecular weight is 324 g/mol. The summed E-state index contributed by atoms with van der Waals surface area (Å²) in [5, 5.41) is 8.46. The third kappa shape index (κ3) is 4.01. The van der Waals surface area contributed by atoms with E-state index < -0.39 is 5.91 Å². The van der Waals surface area contributed by atoms with Crippen LogP contribution >= 0.6 is 0 Å². The van der Waals surface area contributed by atoms with E-state index in [1.165, 1.54) is 11.8 Å². The summed E-state index contributed by atoms with van der Waals surface area (Å²) < 4.78 is 5.38. The number of rotatable bonds is 4. The molecule has 2 aromatic rings. The van der Waals surface area contributed by atoms with Crippen LogP contribution in [0.3, 0.4) is 0 Å². The largest absolute Gasteiger partial charge is 0.378 e. The summed E-state index contributed by atoms with van der Waals surface area (Å²) in [6.45, 7) is 3.43. The van der Waals surface area contributed by atoms with Gasteiger partial charge in [-0.05, 0) is 34.9 Å². The van der Waals surface area contributed by atoms with Crippen LogP contribution in [-0.4, -0.2) is 37.4 Å². The lowest BCUT2D eigenvalue weighted by molar-refractivity contribution is -0.124. The molecule has 0 aliphatic carbocycles. The van der Waals surface area contributed by atoms with Crippen LogP contribution < -0.4 is 10.4 Å². The Morgan fingerprint density at radius 1 is 1.00 bits per heavy atom. The van der Waals surface area contributed by atoms with E-state index in [-0.39, 0.29) is 0 Å². The molecule has 0 unspecified atom stereocenters. The number of carbonyl (C=O) groups is 1. The topological polar surface area (TPSA) is 61.8 Å². The average Bonchev–Trinajstić information content (AvgIpc) is 2.67. The lowest BCUT2D eigenvalue weighted by atomic mass is 10.0. The fraction of sp³-hybridized carbons (Fsp3) is 0.211. The highest BCUT2D eigenvalue weighted by Gasteiger charge is 2.10. The molecule has 2 aromatic carbocycles. The summed E-state index contributed by atoms with van der Waals surface area (Å²) in [7, 11) is 0. The molecule has 1 amide bonds. The van der Waals surface area contributed by atoms with E-state index in [0.29, 0.717) is 0 Å². The van der Waals surface area contributed by atoms with E-state index >= 15 is 0 Å². The van der Waals surface area contributed by atoms with Gasteiger partial charge >= 0.3 is 0 Å². The van der Waals surface area contributed by atoms with Gasteiger partial charge < -0.3 is 9.64 Å². The highest BCUT2D eigenvalue weighted by atomic mass is 16.5. The number of hydrogen-bond donors (Lipinski definition) is 2. The minimum absolute atomic E-state index is 0.544. The molecule has 3 rings (SSSR count). The normalized spacial score (nSPS) is 14.8. The van der Waals surface area contributed by atoms with Gasteiger partial charge in [0.15, 0.2) is 0 Å². The molecule has 5 nitrogen and oxygen atoms in total. The number of hydrogen-bond acceptors (Lipinski definition) is 4.